The molecule has 2 unspecified atom stereocenters. The van der Waals surface area contributed by atoms with Gasteiger partial charge in [-0.3, -0.25) is 19.4 Å². The molecule has 1 amide bonds. The van der Waals surface area contributed by atoms with E-state index >= 15 is 0 Å². The van der Waals surface area contributed by atoms with Gasteiger partial charge in [-0.15, -0.1) is 0 Å². The van der Waals surface area contributed by atoms with Crippen LogP contribution < -0.4 is 16.6 Å². The molecule has 0 aliphatic heterocycles. The Bertz CT molecular complexity index is 1420. The molecule has 12 nitrogen and oxygen atoms in total. The summed E-state index contributed by atoms with van der Waals surface area (Å²) in [5, 5.41) is 11.9. The minimum atomic E-state index is -1.12. The lowest BCUT2D eigenvalue weighted by Crippen LogP contribution is -2.43. The summed E-state index contributed by atoms with van der Waals surface area (Å²) in [5.74, 6) is 3.45. The summed E-state index contributed by atoms with van der Waals surface area (Å²) in [6.07, 6.45) is 0.750. The zero-order valence-electron chi connectivity index (χ0n) is 20.5. The van der Waals surface area contributed by atoms with Crippen molar-refractivity contribution in [2.24, 2.45) is 0 Å². The molecule has 3 aromatic heterocycles. The van der Waals surface area contributed by atoms with E-state index in [9.17, 15) is 19.2 Å². The van der Waals surface area contributed by atoms with Crippen LogP contribution in [0.5, 0.6) is 0 Å². The standard InChI is InChI=1S/C25H28N6O6/c1-3-14(2)37-24(36)19(11-12-20(32)33)29-23(35)18-10-6-9-15(27-18)7-4-5-8-16-13-17-21(28-16)30-25(26)31-22(17)34/h6,9-10,13-14,19H,3,5,8,11-12H2,1-2H3,(H,29,35)(H,32,33)(H4,26,28,30,31,34). The Labute approximate surface area is 212 Å². The van der Waals surface area contributed by atoms with Gasteiger partial charge in [-0.2, -0.15) is 4.98 Å². The highest BCUT2D eigenvalue weighted by molar-refractivity contribution is 5.95. The van der Waals surface area contributed by atoms with Gasteiger partial charge in [0.05, 0.1) is 11.5 Å². The number of nitrogen functional groups attached to an aromatic ring is 1. The number of pyridine rings is 1. The fourth-order valence-electron chi connectivity index (χ4n) is 3.32. The van der Waals surface area contributed by atoms with Crippen LogP contribution in [0, 0.1) is 11.8 Å². The molecule has 0 aliphatic carbocycles. The van der Waals surface area contributed by atoms with Crippen molar-refractivity contribution in [2.45, 2.75) is 58.1 Å². The number of aromatic amines is 2. The summed E-state index contributed by atoms with van der Waals surface area (Å²) in [7, 11) is 0. The molecule has 0 aliphatic rings. The highest BCUT2D eigenvalue weighted by Crippen LogP contribution is 2.11. The Kier molecular flexibility index (Phi) is 8.99. The molecule has 2 atom stereocenters. The van der Waals surface area contributed by atoms with Crippen LogP contribution in [0.2, 0.25) is 0 Å². The van der Waals surface area contributed by atoms with E-state index in [4.69, 9.17) is 15.6 Å². The number of amides is 1. The van der Waals surface area contributed by atoms with Gasteiger partial charge < -0.3 is 25.9 Å². The van der Waals surface area contributed by atoms with Crippen molar-refractivity contribution < 1.29 is 24.2 Å². The fraction of sp³-hybridized carbons (Fsp3) is 0.360. The van der Waals surface area contributed by atoms with Crippen LogP contribution in [-0.2, 0) is 20.7 Å². The predicted octanol–water partition coefficient (Wildman–Crippen LogP) is 1.52. The summed E-state index contributed by atoms with van der Waals surface area (Å²) < 4.78 is 5.27. The lowest BCUT2D eigenvalue weighted by Gasteiger charge is -2.19. The maximum absolute atomic E-state index is 12.7. The largest absolute Gasteiger partial charge is 0.481 e. The van der Waals surface area contributed by atoms with E-state index in [2.05, 4.69) is 37.1 Å². The molecule has 0 fully saturated rings. The normalized spacial score (nSPS) is 12.3. The molecule has 0 saturated heterocycles. The molecule has 12 heteroatoms. The van der Waals surface area contributed by atoms with Crippen molar-refractivity contribution in [2.75, 3.05) is 5.73 Å². The summed E-state index contributed by atoms with van der Waals surface area (Å²) in [6, 6.07) is 5.28. The molecule has 194 valence electrons. The minimum Gasteiger partial charge on any atom is -0.481 e. The number of hydrogen-bond donors (Lipinski definition) is 5. The number of nitrogens with one attached hydrogen (secondary N) is 3. The number of nitrogens with zero attached hydrogens (tertiary/aromatic N) is 2. The number of rotatable bonds is 10. The number of nitrogens with two attached hydrogens (primary N) is 1. The van der Waals surface area contributed by atoms with Crippen LogP contribution in [-0.4, -0.2) is 55.0 Å². The molecule has 3 rings (SSSR count). The Balaban J connectivity index is 1.64. The van der Waals surface area contributed by atoms with E-state index in [1.54, 1.807) is 25.1 Å². The number of anilines is 1. The Hall–Kier alpha value is -4.66. The van der Waals surface area contributed by atoms with Gasteiger partial charge in [0.1, 0.15) is 23.1 Å². The second kappa shape index (κ2) is 12.3. The Morgan fingerprint density at radius 3 is 2.76 bits per heavy atom. The minimum absolute atomic E-state index is 0.0290. The molecule has 0 aromatic carbocycles. The number of aromatic nitrogens is 4. The second-order valence-electron chi connectivity index (χ2n) is 8.33. The smallest absolute Gasteiger partial charge is 0.328 e. The molecule has 0 spiro atoms. The van der Waals surface area contributed by atoms with Crippen molar-refractivity contribution >= 4 is 34.8 Å². The first-order chi connectivity index (χ1) is 17.7. The number of hydrogen-bond acceptors (Lipinski definition) is 8. The van der Waals surface area contributed by atoms with E-state index in [-0.39, 0.29) is 36.1 Å². The highest BCUT2D eigenvalue weighted by atomic mass is 16.5. The van der Waals surface area contributed by atoms with Gasteiger partial charge in [0.15, 0.2) is 0 Å². The highest BCUT2D eigenvalue weighted by Gasteiger charge is 2.25. The molecule has 0 radical (unpaired) electrons. The molecule has 0 bridgehead atoms. The number of esters is 1. The predicted molar refractivity (Wildman–Crippen MR) is 135 cm³/mol. The van der Waals surface area contributed by atoms with Gasteiger partial charge >= 0.3 is 11.9 Å². The molecule has 3 heterocycles. The van der Waals surface area contributed by atoms with E-state index < -0.39 is 23.9 Å². The molecule has 37 heavy (non-hydrogen) atoms. The number of carboxylic acids is 1. The maximum atomic E-state index is 12.7. The maximum Gasteiger partial charge on any atom is 0.328 e. The van der Waals surface area contributed by atoms with Crippen LogP contribution in [0.1, 0.15) is 61.4 Å². The number of fused-ring (bicyclic) bond motifs is 1. The van der Waals surface area contributed by atoms with Crippen molar-refractivity contribution in [3.8, 4) is 11.8 Å². The number of aryl methyl sites for hydroxylation is 1. The van der Waals surface area contributed by atoms with Gasteiger partial charge in [-0.25, -0.2) is 9.78 Å². The number of aliphatic carboxylic acids is 1. The van der Waals surface area contributed by atoms with Crippen molar-refractivity contribution in [3.05, 3.63) is 51.7 Å². The van der Waals surface area contributed by atoms with Crippen LogP contribution in [0.3, 0.4) is 0 Å². The van der Waals surface area contributed by atoms with Crippen LogP contribution >= 0.6 is 0 Å². The lowest BCUT2D eigenvalue weighted by atomic mass is 10.1. The van der Waals surface area contributed by atoms with Crippen LogP contribution in [0.4, 0.5) is 5.95 Å². The first-order valence-electron chi connectivity index (χ1n) is 11.7. The number of carbonyl (C=O) groups is 3. The molecular weight excluding hydrogens is 480 g/mol. The quantitative estimate of drug-likeness (QED) is 0.199. The van der Waals surface area contributed by atoms with E-state index in [0.717, 1.165) is 5.69 Å². The molecule has 6 N–H and O–H groups in total. The first-order valence-corrected chi connectivity index (χ1v) is 11.7. The van der Waals surface area contributed by atoms with Gasteiger partial charge in [0.2, 0.25) is 5.95 Å². The van der Waals surface area contributed by atoms with Crippen LogP contribution in [0.15, 0.2) is 29.1 Å². The summed E-state index contributed by atoms with van der Waals surface area (Å²) in [5.41, 5.74) is 6.78. The first kappa shape index (κ1) is 26.9. The second-order valence-corrected chi connectivity index (χ2v) is 8.33. The van der Waals surface area contributed by atoms with Gasteiger partial charge in [0, 0.05) is 18.5 Å². The van der Waals surface area contributed by atoms with E-state index in [1.165, 1.54) is 6.07 Å². The van der Waals surface area contributed by atoms with Gasteiger partial charge in [-0.1, -0.05) is 18.9 Å². The van der Waals surface area contributed by atoms with Crippen molar-refractivity contribution in [1.82, 2.24) is 25.3 Å². The number of carbonyl (C=O) groups excluding carboxylic acids is 2. The zero-order chi connectivity index (χ0) is 26.9. The molecular formula is C25H28N6O6. The third-order valence-corrected chi connectivity index (χ3v) is 5.42. The number of ether oxygens (including phenoxy) is 1. The monoisotopic (exact) mass is 508 g/mol. The van der Waals surface area contributed by atoms with Gasteiger partial charge in [-0.05, 0) is 50.3 Å². The third kappa shape index (κ3) is 7.66. The Morgan fingerprint density at radius 2 is 2.03 bits per heavy atom. The summed E-state index contributed by atoms with van der Waals surface area (Å²) in [4.78, 5) is 61.8. The molecule has 0 saturated carbocycles. The Morgan fingerprint density at radius 1 is 1.24 bits per heavy atom. The number of carboxylic acid groups (broad SMARTS) is 1. The van der Waals surface area contributed by atoms with Crippen molar-refractivity contribution in [1.29, 1.82) is 0 Å². The topological polar surface area (TPSA) is 193 Å². The summed E-state index contributed by atoms with van der Waals surface area (Å²) in [6.45, 7) is 3.55. The zero-order valence-corrected chi connectivity index (χ0v) is 20.5. The van der Waals surface area contributed by atoms with Crippen molar-refractivity contribution in [3.63, 3.8) is 0 Å². The van der Waals surface area contributed by atoms with Crippen LogP contribution in [0.25, 0.3) is 11.0 Å². The number of H-pyrrole nitrogens is 2. The SMILES string of the molecule is CCC(C)OC(=O)C(CCC(=O)O)NC(=O)c1cccc(C#CCCc2cc3c(=O)[nH]c(N)nc3[nH]2)n1. The average Bonchev–Trinajstić information content (AvgIpc) is 3.27. The fourth-order valence-corrected chi connectivity index (χ4v) is 3.32. The average molecular weight is 509 g/mol. The lowest BCUT2D eigenvalue weighted by molar-refractivity contribution is -0.151. The third-order valence-electron chi connectivity index (χ3n) is 5.42. The summed E-state index contributed by atoms with van der Waals surface area (Å²) >= 11 is 0. The molecule has 3 aromatic rings. The van der Waals surface area contributed by atoms with E-state index in [0.29, 0.717) is 36.0 Å². The van der Waals surface area contributed by atoms with E-state index in [1.807, 2.05) is 6.92 Å². The van der Waals surface area contributed by atoms with Gasteiger partial charge in [0.25, 0.3) is 11.5 Å².